The fourth-order valence-corrected chi connectivity index (χ4v) is 4.06. The Morgan fingerprint density at radius 3 is 2.60 bits per heavy atom. The highest BCUT2D eigenvalue weighted by molar-refractivity contribution is 5.90. The Balaban J connectivity index is 1.58. The summed E-state index contributed by atoms with van der Waals surface area (Å²) in [6.45, 7) is 5.92. The molecule has 1 aromatic carbocycles. The molecule has 2 unspecified atom stereocenters. The molecule has 3 aromatic rings. The van der Waals surface area contributed by atoms with Gasteiger partial charge in [0.05, 0.1) is 11.6 Å². The van der Waals surface area contributed by atoms with Crippen molar-refractivity contribution in [2.45, 2.75) is 26.8 Å². The van der Waals surface area contributed by atoms with Gasteiger partial charge in [0.2, 0.25) is 11.6 Å². The SMILES string of the molecule is CC1CC(C)CN(c2nccn3c(=O)n(CC(=O)Nc4ccc(C#N)cc4)nc23)C1. The van der Waals surface area contributed by atoms with Gasteiger partial charge in [0.15, 0.2) is 5.82 Å². The van der Waals surface area contributed by atoms with Crippen LogP contribution in [0.15, 0.2) is 41.5 Å². The van der Waals surface area contributed by atoms with Crippen molar-refractivity contribution >= 4 is 23.1 Å². The molecule has 1 aliphatic rings. The number of nitrogens with one attached hydrogen (secondary N) is 1. The lowest BCUT2D eigenvalue weighted by molar-refractivity contribution is -0.117. The van der Waals surface area contributed by atoms with Crippen molar-refractivity contribution in [3.63, 3.8) is 0 Å². The third kappa shape index (κ3) is 3.89. The predicted molar refractivity (Wildman–Crippen MR) is 112 cm³/mol. The molecule has 0 radical (unpaired) electrons. The van der Waals surface area contributed by atoms with E-state index >= 15 is 0 Å². The summed E-state index contributed by atoms with van der Waals surface area (Å²) in [5.74, 6) is 1.35. The zero-order valence-corrected chi connectivity index (χ0v) is 16.9. The van der Waals surface area contributed by atoms with Crippen LogP contribution < -0.4 is 15.9 Å². The van der Waals surface area contributed by atoms with E-state index in [0.717, 1.165) is 24.2 Å². The van der Waals surface area contributed by atoms with Crippen molar-refractivity contribution in [2.24, 2.45) is 11.8 Å². The summed E-state index contributed by atoms with van der Waals surface area (Å²) in [6.07, 6.45) is 4.33. The minimum atomic E-state index is -0.387. The van der Waals surface area contributed by atoms with Crippen molar-refractivity contribution in [3.8, 4) is 6.07 Å². The number of hydrogen-bond donors (Lipinski definition) is 1. The monoisotopic (exact) mass is 405 g/mol. The highest BCUT2D eigenvalue weighted by atomic mass is 16.2. The van der Waals surface area contributed by atoms with Gasteiger partial charge >= 0.3 is 5.69 Å². The molecular weight excluding hydrogens is 382 g/mol. The van der Waals surface area contributed by atoms with E-state index in [9.17, 15) is 9.59 Å². The molecular formula is C21H23N7O2. The van der Waals surface area contributed by atoms with Crippen molar-refractivity contribution < 1.29 is 4.79 Å². The van der Waals surface area contributed by atoms with Gasteiger partial charge in [-0.3, -0.25) is 4.79 Å². The second kappa shape index (κ2) is 7.99. The topological polar surface area (TPSA) is 108 Å². The molecule has 9 heteroatoms. The van der Waals surface area contributed by atoms with Crippen LogP contribution in [-0.2, 0) is 11.3 Å². The summed E-state index contributed by atoms with van der Waals surface area (Å²) in [5, 5.41) is 16.0. The van der Waals surface area contributed by atoms with E-state index in [0.29, 0.717) is 34.6 Å². The Bertz CT molecular complexity index is 1160. The number of aromatic nitrogens is 4. The maximum atomic E-state index is 12.8. The van der Waals surface area contributed by atoms with E-state index in [2.05, 4.69) is 34.1 Å². The fraction of sp³-hybridized carbons (Fsp3) is 0.381. The number of anilines is 2. The summed E-state index contributed by atoms with van der Waals surface area (Å²) in [4.78, 5) is 31.8. The second-order valence-corrected chi connectivity index (χ2v) is 7.97. The zero-order chi connectivity index (χ0) is 21.3. The number of piperidine rings is 1. The van der Waals surface area contributed by atoms with Gasteiger partial charge in [-0.15, -0.1) is 5.10 Å². The Hall–Kier alpha value is -3.67. The Morgan fingerprint density at radius 2 is 1.93 bits per heavy atom. The van der Waals surface area contributed by atoms with E-state index in [1.54, 1.807) is 36.7 Å². The van der Waals surface area contributed by atoms with Crippen LogP contribution in [0, 0.1) is 23.2 Å². The lowest BCUT2D eigenvalue weighted by Gasteiger charge is -2.35. The molecule has 2 aromatic heterocycles. The quantitative estimate of drug-likeness (QED) is 0.710. The number of benzene rings is 1. The number of carbonyl (C=O) groups is 1. The van der Waals surface area contributed by atoms with Crippen LogP contribution in [0.2, 0.25) is 0 Å². The maximum absolute atomic E-state index is 12.8. The molecule has 3 heterocycles. The number of rotatable bonds is 4. The molecule has 1 amide bonds. The van der Waals surface area contributed by atoms with E-state index in [1.165, 1.54) is 4.40 Å². The highest BCUT2D eigenvalue weighted by Crippen LogP contribution is 2.26. The fourth-order valence-electron chi connectivity index (χ4n) is 4.06. The molecule has 0 saturated carbocycles. The Labute approximate surface area is 173 Å². The number of carbonyl (C=O) groups excluding carboxylic acids is 1. The van der Waals surface area contributed by atoms with Crippen molar-refractivity contribution in [3.05, 3.63) is 52.7 Å². The third-order valence-corrected chi connectivity index (χ3v) is 5.24. The van der Waals surface area contributed by atoms with E-state index in [4.69, 9.17) is 5.26 Å². The van der Waals surface area contributed by atoms with Crippen LogP contribution in [0.1, 0.15) is 25.8 Å². The number of nitriles is 1. The molecule has 4 rings (SSSR count). The molecule has 0 bridgehead atoms. The van der Waals surface area contributed by atoms with Gasteiger partial charge in [-0.25, -0.2) is 18.9 Å². The number of nitrogens with zero attached hydrogens (tertiary/aromatic N) is 6. The summed E-state index contributed by atoms with van der Waals surface area (Å²) in [6, 6.07) is 8.54. The average Bonchev–Trinajstić information content (AvgIpc) is 3.03. The molecule has 9 nitrogen and oxygen atoms in total. The van der Waals surface area contributed by atoms with Crippen LogP contribution in [0.5, 0.6) is 0 Å². The molecule has 2 atom stereocenters. The highest BCUT2D eigenvalue weighted by Gasteiger charge is 2.25. The molecule has 154 valence electrons. The van der Waals surface area contributed by atoms with Gasteiger partial charge in [-0.1, -0.05) is 13.8 Å². The first-order chi connectivity index (χ1) is 14.4. The lowest BCUT2D eigenvalue weighted by Crippen LogP contribution is -2.39. The Kier molecular flexibility index (Phi) is 5.23. The minimum absolute atomic E-state index is 0.216. The molecule has 1 N–H and O–H groups in total. The molecule has 1 aliphatic heterocycles. The first-order valence-corrected chi connectivity index (χ1v) is 9.93. The summed E-state index contributed by atoms with van der Waals surface area (Å²) < 4.78 is 2.58. The van der Waals surface area contributed by atoms with Gasteiger partial charge in [-0.2, -0.15) is 5.26 Å². The summed E-state index contributed by atoms with van der Waals surface area (Å²) in [5.41, 5.74) is 1.12. The van der Waals surface area contributed by atoms with Gasteiger partial charge in [0.1, 0.15) is 6.54 Å². The van der Waals surface area contributed by atoms with E-state index < -0.39 is 0 Å². The summed E-state index contributed by atoms with van der Waals surface area (Å²) >= 11 is 0. The molecule has 1 fully saturated rings. The van der Waals surface area contributed by atoms with Crippen molar-refractivity contribution in [1.29, 1.82) is 5.26 Å². The van der Waals surface area contributed by atoms with Gasteiger partial charge < -0.3 is 10.2 Å². The third-order valence-electron chi connectivity index (χ3n) is 5.24. The van der Waals surface area contributed by atoms with E-state index in [1.807, 2.05) is 6.07 Å². The minimum Gasteiger partial charge on any atom is -0.353 e. The maximum Gasteiger partial charge on any atom is 0.350 e. The van der Waals surface area contributed by atoms with Gasteiger partial charge in [0.25, 0.3) is 0 Å². The van der Waals surface area contributed by atoms with Crippen molar-refractivity contribution in [2.75, 3.05) is 23.3 Å². The first kappa shape index (κ1) is 19.6. The normalized spacial score (nSPS) is 18.9. The van der Waals surface area contributed by atoms with Crippen molar-refractivity contribution in [1.82, 2.24) is 19.2 Å². The van der Waals surface area contributed by atoms with Gasteiger partial charge in [0, 0.05) is 31.2 Å². The second-order valence-electron chi connectivity index (χ2n) is 7.97. The summed E-state index contributed by atoms with van der Waals surface area (Å²) in [7, 11) is 0. The number of fused-ring (bicyclic) bond motifs is 1. The first-order valence-electron chi connectivity index (χ1n) is 9.93. The molecule has 0 aliphatic carbocycles. The van der Waals surface area contributed by atoms with Crippen LogP contribution >= 0.6 is 0 Å². The number of amides is 1. The van der Waals surface area contributed by atoms with Crippen LogP contribution in [0.3, 0.4) is 0 Å². The smallest absolute Gasteiger partial charge is 0.350 e. The molecule has 0 spiro atoms. The molecule has 30 heavy (non-hydrogen) atoms. The van der Waals surface area contributed by atoms with Gasteiger partial charge in [-0.05, 0) is 42.5 Å². The standard InChI is InChI=1S/C21H23N7O2/c1-14-9-15(2)12-26(11-14)19-20-25-28(21(30)27(20)8-7-23-19)13-18(29)24-17-5-3-16(10-22)4-6-17/h3-8,14-15H,9,11-13H2,1-2H3,(H,24,29). The average molecular weight is 405 g/mol. The predicted octanol–water partition coefficient (Wildman–Crippen LogP) is 1.88. The number of hydrogen-bond acceptors (Lipinski definition) is 6. The molecule has 1 saturated heterocycles. The largest absolute Gasteiger partial charge is 0.353 e. The zero-order valence-electron chi connectivity index (χ0n) is 16.9. The van der Waals surface area contributed by atoms with Crippen LogP contribution in [-0.4, -0.2) is 38.2 Å². The van der Waals surface area contributed by atoms with E-state index in [-0.39, 0.29) is 18.1 Å². The van der Waals surface area contributed by atoms with Crippen LogP contribution in [0.25, 0.3) is 5.65 Å². The lowest BCUT2D eigenvalue weighted by atomic mass is 9.92. The Morgan fingerprint density at radius 1 is 1.23 bits per heavy atom. The van der Waals surface area contributed by atoms with Crippen LogP contribution in [0.4, 0.5) is 11.5 Å².